The zero-order valence-electron chi connectivity index (χ0n) is 18.1. The van der Waals surface area contributed by atoms with Crippen LogP contribution in [-0.2, 0) is 23.1 Å². The van der Waals surface area contributed by atoms with Crippen LogP contribution in [0.5, 0.6) is 5.75 Å². The van der Waals surface area contributed by atoms with Crippen LogP contribution in [0, 0.1) is 11.8 Å². The third kappa shape index (κ3) is 5.60. The molecule has 0 unspecified atom stereocenters. The van der Waals surface area contributed by atoms with Crippen molar-refractivity contribution in [1.82, 2.24) is 9.97 Å². The van der Waals surface area contributed by atoms with E-state index in [2.05, 4.69) is 54.7 Å². The van der Waals surface area contributed by atoms with Crippen molar-refractivity contribution in [2.45, 2.75) is 71.1 Å². The monoisotopic (exact) mass is 405 g/mol. The molecule has 0 saturated heterocycles. The molecule has 30 heavy (non-hydrogen) atoms. The van der Waals surface area contributed by atoms with E-state index in [4.69, 9.17) is 4.74 Å². The van der Waals surface area contributed by atoms with E-state index in [0.717, 1.165) is 37.2 Å². The van der Waals surface area contributed by atoms with Crippen LogP contribution in [0.3, 0.4) is 0 Å². The Morgan fingerprint density at radius 1 is 1.17 bits per heavy atom. The number of unbranched alkanes of at least 4 members (excludes halogenated alkanes) is 3. The van der Waals surface area contributed by atoms with Gasteiger partial charge in [-0.3, -0.25) is 4.98 Å². The number of benzene rings is 1. The second-order valence-corrected chi connectivity index (χ2v) is 8.49. The quantitative estimate of drug-likeness (QED) is 0.522. The first-order valence-corrected chi connectivity index (χ1v) is 10.7. The highest BCUT2D eigenvalue weighted by molar-refractivity contribution is 5.67. The molecule has 2 heterocycles. The molecular weight excluding hydrogens is 376 g/mol. The summed E-state index contributed by atoms with van der Waals surface area (Å²) in [5, 5.41) is 10.7. The number of aromatic nitrogens is 2. The van der Waals surface area contributed by atoms with Crippen molar-refractivity contribution in [3.05, 3.63) is 52.6 Å². The number of aryl methyl sites for hydroxylation is 1. The van der Waals surface area contributed by atoms with Crippen LogP contribution >= 0.6 is 0 Å². The third-order valence-corrected chi connectivity index (χ3v) is 5.57. The van der Waals surface area contributed by atoms with E-state index >= 15 is 0 Å². The number of fused-ring (bicyclic) bond motifs is 1. The van der Waals surface area contributed by atoms with Crippen LogP contribution < -0.4 is 9.84 Å². The topological polar surface area (TPSA) is 75.1 Å². The van der Waals surface area contributed by atoms with E-state index in [1.54, 1.807) is 0 Å². The first-order chi connectivity index (χ1) is 14.4. The Hall–Kier alpha value is -2.87. The smallest absolute Gasteiger partial charge is 0.131 e. The number of ether oxygens (including phenoxy) is 1. The molecule has 0 N–H and O–H groups in total. The van der Waals surface area contributed by atoms with Crippen molar-refractivity contribution in [1.29, 1.82) is 0 Å². The molecule has 0 radical (unpaired) electrons. The molecule has 0 bridgehead atoms. The lowest BCUT2D eigenvalue weighted by molar-refractivity contribution is -0.304. The number of aliphatic carboxylic acids is 1. The summed E-state index contributed by atoms with van der Waals surface area (Å²) in [7, 11) is 0. The maximum atomic E-state index is 10.7. The Labute approximate surface area is 178 Å². The molecule has 5 heteroatoms. The van der Waals surface area contributed by atoms with Gasteiger partial charge in [-0.1, -0.05) is 46.0 Å². The number of rotatable bonds is 7. The average Bonchev–Trinajstić information content (AvgIpc) is 2.70. The maximum Gasteiger partial charge on any atom is 0.131 e. The van der Waals surface area contributed by atoms with Gasteiger partial charge in [0.1, 0.15) is 11.4 Å². The summed E-state index contributed by atoms with van der Waals surface area (Å²) < 4.78 is 5.97. The van der Waals surface area contributed by atoms with Gasteiger partial charge in [-0.25, -0.2) is 4.98 Å². The highest BCUT2D eigenvalue weighted by Crippen LogP contribution is 2.40. The predicted octanol–water partition coefficient (Wildman–Crippen LogP) is 3.35. The van der Waals surface area contributed by atoms with Crippen LogP contribution in [0.25, 0.3) is 0 Å². The molecule has 158 valence electrons. The van der Waals surface area contributed by atoms with Gasteiger partial charge in [0, 0.05) is 23.5 Å². The van der Waals surface area contributed by atoms with Gasteiger partial charge >= 0.3 is 0 Å². The second kappa shape index (κ2) is 9.75. The number of hydrogen-bond donors (Lipinski definition) is 0. The number of hydrogen-bond acceptors (Lipinski definition) is 5. The SMILES string of the molecule is CCCCCCc1cc2c(cc1C#Cc1cnc(CC(=O)[O-])cn1)C(C)(C)CCO2. The summed E-state index contributed by atoms with van der Waals surface area (Å²) in [5.41, 5.74) is 4.34. The molecule has 0 fully saturated rings. The van der Waals surface area contributed by atoms with Gasteiger partial charge in [0.2, 0.25) is 0 Å². The first kappa shape index (κ1) is 21.8. The van der Waals surface area contributed by atoms with Gasteiger partial charge in [-0.2, -0.15) is 0 Å². The summed E-state index contributed by atoms with van der Waals surface area (Å²) in [6, 6.07) is 4.34. The molecule has 0 spiro atoms. The standard InChI is InChI=1S/C25H30N2O3/c1-4-5-6-7-8-18-14-23-22(25(2,3)11-12-30-23)13-19(18)9-10-20-16-27-21(17-26-20)15-24(28)29/h13-14,16-17H,4-8,11-12,15H2,1-3H3,(H,28,29)/p-1. The Kier molecular flexibility index (Phi) is 7.10. The Balaban J connectivity index is 1.90. The molecule has 0 amide bonds. The predicted molar refractivity (Wildman–Crippen MR) is 114 cm³/mol. The average molecular weight is 406 g/mol. The Morgan fingerprint density at radius 2 is 2.00 bits per heavy atom. The van der Waals surface area contributed by atoms with Crippen LogP contribution in [0.2, 0.25) is 0 Å². The minimum Gasteiger partial charge on any atom is -0.550 e. The van der Waals surface area contributed by atoms with Crippen molar-refractivity contribution >= 4 is 5.97 Å². The lowest BCUT2D eigenvalue weighted by Gasteiger charge is -2.33. The summed E-state index contributed by atoms with van der Waals surface area (Å²) >= 11 is 0. The Bertz CT molecular complexity index is 953. The van der Waals surface area contributed by atoms with Gasteiger partial charge in [0.25, 0.3) is 0 Å². The minimum atomic E-state index is -1.17. The summed E-state index contributed by atoms with van der Waals surface area (Å²) in [6.07, 6.45) is 9.44. The van der Waals surface area contributed by atoms with Crippen molar-refractivity contribution < 1.29 is 14.6 Å². The van der Waals surface area contributed by atoms with Gasteiger partial charge in [-0.15, -0.1) is 0 Å². The van der Waals surface area contributed by atoms with Crippen molar-refractivity contribution in [2.24, 2.45) is 0 Å². The van der Waals surface area contributed by atoms with E-state index < -0.39 is 5.97 Å². The number of carboxylic acid groups (broad SMARTS) is 1. The lowest BCUT2D eigenvalue weighted by atomic mass is 9.78. The third-order valence-electron chi connectivity index (χ3n) is 5.57. The van der Waals surface area contributed by atoms with Crippen LogP contribution in [0.1, 0.15) is 81.0 Å². The van der Waals surface area contributed by atoms with E-state index in [0.29, 0.717) is 11.4 Å². The molecule has 0 atom stereocenters. The van der Waals surface area contributed by atoms with Gasteiger partial charge < -0.3 is 14.6 Å². The zero-order chi connectivity index (χ0) is 21.6. The molecule has 0 aliphatic carbocycles. The number of carboxylic acids is 1. The molecule has 0 saturated carbocycles. The van der Waals surface area contributed by atoms with E-state index in [1.807, 2.05) is 0 Å². The number of nitrogens with zero attached hydrogens (tertiary/aromatic N) is 2. The normalized spacial score (nSPS) is 14.2. The minimum absolute atomic E-state index is 0.0527. The molecular formula is C25H29N2O3-. The first-order valence-electron chi connectivity index (χ1n) is 10.7. The van der Waals surface area contributed by atoms with Crippen molar-refractivity contribution in [2.75, 3.05) is 6.61 Å². The molecule has 1 aromatic heterocycles. The highest BCUT2D eigenvalue weighted by Gasteiger charge is 2.29. The van der Waals surface area contributed by atoms with Gasteiger partial charge in [-0.05, 0) is 48.3 Å². The van der Waals surface area contributed by atoms with Crippen LogP contribution in [-0.4, -0.2) is 22.5 Å². The lowest BCUT2D eigenvalue weighted by Crippen LogP contribution is -2.27. The molecule has 3 rings (SSSR count). The second-order valence-electron chi connectivity index (χ2n) is 8.49. The van der Waals surface area contributed by atoms with Gasteiger partial charge in [0.15, 0.2) is 0 Å². The summed E-state index contributed by atoms with van der Waals surface area (Å²) in [5.74, 6) is 6.18. The zero-order valence-corrected chi connectivity index (χ0v) is 18.1. The van der Waals surface area contributed by atoms with Crippen LogP contribution in [0.15, 0.2) is 24.5 Å². The largest absolute Gasteiger partial charge is 0.550 e. The fraction of sp³-hybridized carbons (Fsp3) is 0.480. The van der Waals surface area contributed by atoms with Crippen LogP contribution in [0.4, 0.5) is 0 Å². The van der Waals surface area contributed by atoms with E-state index in [1.165, 1.54) is 42.8 Å². The molecule has 1 aliphatic rings. The van der Waals surface area contributed by atoms with E-state index in [-0.39, 0.29) is 11.8 Å². The summed E-state index contributed by atoms with van der Waals surface area (Å²) in [4.78, 5) is 19.0. The highest BCUT2D eigenvalue weighted by atomic mass is 16.5. The van der Waals surface area contributed by atoms with Gasteiger partial charge in [0.05, 0.1) is 24.7 Å². The molecule has 1 aromatic carbocycles. The number of carbonyl (C=O) groups is 1. The fourth-order valence-corrected chi connectivity index (χ4v) is 3.68. The van der Waals surface area contributed by atoms with Crippen molar-refractivity contribution in [3.63, 3.8) is 0 Å². The molecule has 5 nitrogen and oxygen atoms in total. The molecule has 2 aromatic rings. The maximum absolute atomic E-state index is 10.7. The number of carbonyl (C=O) groups excluding carboxylic acids is 1. The molecule has 1 aliphatic heterocycles. The van der Waals surface area contributed by atoms with Crippen molar-refractivity contribution in [3.8, 4) is 17.6 Å². The summed E-state index contributed by atoms with van der Waals surface area (Å²) in [6.45, 7) is 7.45. The fourth-order valence-electron chi connectivity index (χ4n) is 3.68. The van der Waals surface area contributed by atoms with E-state index in [9.17, 15) is 9.90 Å². The Morgan fingerprint density at radius 3 is 2.70 bits per heavy atom.